The molecule has 3 heterocycles. The van der Waals surface area contributed by atoms with E-state index in [2.05, 4.69) is 44.2 Å². The molecule has 1 atom stereocenters. The molecule has 2 aromatic heterocycles. The SMILES string of the molecule is CCc1nc2cc(NC(=O)N[C@H]3CCc4nnc(C(C)C)n4C3)ccc2o1. The zero-order valence-corrected chi connectivity index (χ0v) is 15.8. The van der Waals surface area contributed by atoms with Crippen LogP contribution < -0.4 is 10.6 Å². The highest BCUT2D eigenvalue weighted by Gasteiger charge is 2.25. The van der Waals surface area contributed by atoms with Crippen LogP contribution in [0.4, 0.5) is 10.5 Å². The normalized spacial score (nSPS) is 16.5. The van der Waals surface area contributed by atoms with Crippen molar-refractivity contribution in [3.05, 3.63) is 35.7 Å². The van der Waals surface area contributed by atoms with Crippen molar-refractivity contribution in [1.29, 1.82) is 0 Å². The van der Waals surface area contributed by atoms with E-state index < -0.39 is 0 Å². The van der Waals surface area contributed by atoms with Crippen molar-refractivity contribution in [1.82, 2.24) is 25.1 Å². The highest BCUT2D eigenvalue weighted by molar-refractivity contribution is 5.91. The summed E-state index contributed by atoms with van der Waals surface area (Å²) in [4.78, 5) is 16.8. The molecule has 0 radical (unpaired) electrons. The van der Waals surface area contributed by atoms with E-state index >= 15 is 0 Å². The van der Waals surface area contributed by atoms with E-state index in [4.69, 9.17) is 4.42 Å². The van der Waals surface area contributed by atoms with Crippen LogP contribution >= 0.6 is 0 Å². The molecule has 0 aliphatic carbocycles. The van der Waals surface area contributed by atoms with Crippen LogP contribution in [0.2, 0.25) is 0 Å². The minimum absolute atomic E-state index is 0.0495. The second-order valence-electron chi connectivity index (χ2n) is 7.22. The first-order valence-corrected chi connectivity index (χ1v) is 9.42. The smallest absolute Gasteiger partial charge is 0.319 e. The number of carbonyl (C=O) groups is 1. The maximum atomic E-state index is 12.4. The van der Waals surface area contributed by atoms with Crippen molar-refractivity contribution in [3.63, 3.8) is 0 Å². The highest BCUT2D eigenvalue weighted by Crippen LogP contribution is 2.22. The maximum Gasteiger partial charge on any atom is 0.319 e. The van der Waals surface area contributed by atoms with Crippen LogP contribution in [0.5, 0.6) is 0 Å². The first kappa shape index (κ1) is 17.5. The Hall–Kier alpha value is -2.90. The Morgan fingerprint density at radius 1 is 1.37 bits per heavy atom. The number of benzene rings is 1. The lowest BCUT2D eigenvalue weighted by Gasteiger charge is -2.26. The van der Waals surface area contributed by atoms with E-state index in [9.17, 15) is 4.79 Å². The highest BCUT2D eigenvalue weighted by atomic mass is 16.3. The van der Waals surface area contributed by atoms with E-state index in [1.807, 2.05) is 25.1 Å². The third-order valence-electron chi connectivity index (χ3n) is 4.82. The second kappa shape index (κ2) is 7.02. The summed E-state index contributed by atoms with van der Waals surface area (Å²) in [5, 5.41) is 14.5. The lowest BCUT2D eigenvalue weighted by molar-refractivity contribution is 0.244. The van der Waals surface area contributed by atoms with Gasteiger partial charge in [0.1, 0.15) is 17.2 Å². The Bertz CT molecular complexity index is 974. The van der Waals surface area contributed by atoms with Gasteiger partial charge in [-0.3, -0.25) is 0 Å². The van der Waals surface area contributed by atoms with Gasteiger partial charge in [0, 0.05) is 37.0 Å². The number of carbonyl (C=O) groups excluding carboxylic acids is 1. The summed E-state index contributed by atoms with van der Waals surface area (Å²) in [6.07, 6.45) is 2.41. The molecule has 27 heavy (non-hydrogen) atoms. The number of oxazole rings is 1. The van der Waals surface area contributed by atoms with Crippen molar-refractivity contribution in [2.75, 3.05) is 5.32 Å². The Morgan fingerprint density at radius 2 is 2.22 bits per heavy atom. The monoisotopic (exact) mass is 368 g/mol. The number of nitrogens with zero attached hydrogens (tertiary/aromatic N) is 4. The maximum absolute atomic E-state index is 12.4. The Labute approximate surface area is 157 Å². The van der Waals surface area contributed by atoms with Crippen LogP contribution in [0, 0.1) is 0 Å². The van der Waals surface area contributed by atoms with Crippen LogP contribution in [0.1, 0.15) is 50.6 Å². The Kier molecular flexibility index (Phi) is 4.55. The average molecular weight is 368 g/mol. The number of urea groups is 1. The predicted molar refractivity (Wildman–Crippen MR) is 102 cm³/mol. The van der Waals surface area contributed by atoms with Gasteiger partial charge >= 0.3 is 6.03 Å². The van der Waals surface area contributed by atoms with Gasteiger partial charge in [-0.25, -0.2) is 9.78 Å². The minimum atomic E-state index is -0.221. The van der Waals surface area contributed by atoms with Crippen molar-refractivity contribution in [3.8, 4) is 0 Å². The largest absolute Gasteiger partial charge is 0.441 e. The molecule has 0 unspecified atom stereocenters. The summed E-state index contributed by atoms with van der Waals surface area (Å²) in [5.74, 6) is 2.97. The van der Waals surface area contributed by atoms with E-state index in [0.717, 1.165) is 42.0 Å². The van der Waals surface area contributed by atoms with Crippen molar-refractivity contribution < 1.29 is 9.21 Å². The van der Waals surface area contributed by atoms with Gasteiger partial charge in [0.25, 0.3) is 0 Å². The lowest BCUT2D eigenvalue weighted by atomic mass is 10.1. The molecule has 0 saturated heterocycles. The van der Waals surface area contributed by atoms with Crippen LogP contribution in [0.15, 0.2) is 22.6 Å². The number of hydrogen-bond acceptors (Lipinski definition) is 5. The number of amides is 2. The zero-order valence-electron chi connectivity index (χ0n) is 15.8. The molecule has 1 aliphatic rings. The molecular formula is C19H24N6O2. The first-order chi connectivity index (χ1) is 13.0. The summed E-state index contributed by atoms with van der Waals surface area (Å²) in [7, 11) is 0. The second-order valence-corrected chi connectivity index (χ2v) is 7.22. The molecule has 0 saturated carbocycles. The molecule has 1 aromatic carbocycles. The fourth-order valence-electron chi connectivity index (χ4n) is 3.45. The van der Waals surface area contributed by atoms with E-state index in [1.165, 1.54) is 0 Å². The van der Waals surface area contributed by atoms with Gasteiger partial charge < -0.3 is 19.6 Å². The van der Waals surface area contributed by atoms with Crippen molar-refractivity contribution >= 4 is 22.8 Å². The molecule has 2 amide bonds. The molecule has 142 valence electrons. The van der Waals surface area contributed by atoms with Crippen LogP contribution in [-0.2, 0) is 19.4 Å². The number of nitrogens with one attached hydrogen (secondary N) is 2. The summed E-state index contributed by atoms with van der Waals surface area (Å²) >= 11 is 0. The Balaban J connectivity index is 1.41. The van der Waals surface area contributed by atoms with Gasteiger partial charge in [0.05, 0.1) is 0 Å². The quantitative estimate of drug-likeness (QED) is 0.737. The summed E-state index contributed by atoms with van der Waals surface area (Å²) in [6, 6.07) is 5.31. The molecule has 3 aromatic rings. The molecule has 2 N–H and O–H groups in total. The summed E-state index contributed by atoms with van der Waals surface area (Å²) in [5.41, 5.74) is 2.17. The van der Waals surface area contributed by atoms with E-state index in [1.54, 1.807) is 0 Å². The van der Waals surface area contributed by atoms with Crippen LogP contribution in [-0.4, -0.2) is 31.8 Å². The fourth-order valence-corrected chi connectivity index (χ4v) is 3.45. The standard InChI is InChI=1S/C19H24N6O2/c1-4-17-22-14-9-12(5-7-15(14)27-17)20-19(26)21-13-6-8-16-23-24-18(11(2)3)25(16)10-13/h5,7,9,11,13H,4,6,8,10H2,1-3H3,(H2,20,21,26)/t13-/m0/s1. The zero-order chi connectivity index (χ0) is 19.0. The molecule has 4 rings (SSSR count). The van der Waals surface area contributed by atoms with E-state index in [0.29, 0.717) is 24.0 Å². The fraction of sp³-hybridized carbons (Fsp3) is 0.474. The predicted octanol–water partition coefficient (Wildman–Crippen LogP) is 3.24. The number of hydrogen-bond donors (Lipinski definition) is 2. The molecule has 1 aliphatic heterocycles. The van der Waals surface area contributed by atoms with Gasteiger partial charge in [-0.15, -0.1) is 10.2 Å². The first-order valence-electron chi connectivity index (χ1n) is 9.42. The Morgan fingerprint density at radius 3 is 3.00 bits per heavy atom. The minimum Gasteiger partial charge on any atom is -0.441 e. The van der Waals surface area contributed by atoms with Crippen molar-refractivity contribution in [2.45, 2.75) is 58.5 Å². The molecule has 0 fully saturated rings. The molecule has 0 bridgehead atoms. The number of rotatable bonds is 4. The van der Waals surface area contributed by atoms with Gasteiger partial charge in [-0.1, -0.05) is 20.8 Å². The third kappa shape index (κ3) is 3.51. The number of fused-ring (bicyclic) bond motifs is 2. The van der Waals surface area contributed by atoms with Crippen molar-refractivity contribution in [2.24, 2.45) is 0 Å². The summed E-state index contributed by atoms with van der Waals surface area (Å²) in [6.45, 7) is 6.90. The average Bonchev–Trinajstić information content (AvgIpc) is 3.24. The lowest BCUT2D eigenvalue weighted by Crippen LogP contribution is -2.43. The number of aromatic nitrogens is 4. The van der Waals surface area contributed by atoms with Gasteiger partial charge in [-0.05, 0) is 24.6 Å². The molecule has 0 spiro atoms. The van der Waals surface area contributed by atoms with Crippen LogP contribution in [0.25, 0.3) is 11.1 Å². The number of aryl methyl sites for hydroxylation is 2. The topological polar surface area (TPSA) is 97.9 Å². The molecule has 8 nitrogen and oxygen atoms in total. The third-order valence-corrected chi connectivity index (χ3v) is 4.82. The van der Waals surface area contributed by atoms with Gasteiger partial charge in [0.15, 0.2) is 11.5 Å². The van der Waals surface area contributed by atoms with Crippen LogP contribution in [0.3, 0.4) is 0 Å². The van der Waals surface area contributed by atoms with Gasteiger partial charge in [0.2, 0.25) is 0 Å². The van der Waals surface area contributed by atoms with Gasteiger partial charge in [-0.2, -0.15) is 0 Å². The van der Waals surface area contributed by atoms with E-state index in [-0.39, 0.29) is 12.1 Å². The molecule has 8 heteroatoms. The number of anilines is 1. The molecular weight excluding hydrogens is 344 g/mol. The summed E-state index contributed by atoms with van der Waals surface area (Å²) < 4.78 is 7.73.